The van der Waals surface area contributed by atoms with Gasteiger partial charge in [-0.25, -0.2) is 0 Å². The summed E-state index contributed by atoms with van der Waals surface area (Å²) in [6.45, 7) is 0. The van der Waals surface area contributed by atoms with Crippen molar-refractivity contribution in [2.45, 2.75) is 0 Å². The number of benzene rings is 6. The van der Waals surface area contributed by atoms with Crippen LogP contribution in [0.25, 0.3) is 0 Å². The van der Waals surface area contributed by atoms with Crippen molar-refractivity contribution in [2.24, 2.45) is 0 Å². The summed E-state index contributed by atoms with van der Waals surface area (Å²) in [5.74, 6) is 3.99. The highest BCUT2D eigenvalue weighted by Crippen LogP contribution is 2.37. The molecule has 212 valence electrons. The summed E-state index contributed by atoms with van der Waals surface area (Å²) in [6, 6.07) is 42.4. The number of para-hydroxylation sites is 4. The second kappa shape index (κ2) is 11.6. The molecule has 6 aromatic carbocycles. The molecule has 0 radical (unpaired) electrons. The summed E-state index contributed by atoms with van der Waals surface area (Å²) in [4.78, 5) is 26.4. The van der Waals surface area contributed by atoms with Gasteiger partial charge in [-0.2, -0.15) is 0 Å². The summed E-state index contributed by atoms with van der Waals surface area (Å²) in [7, 11) is 0. The lowest BCUT2D eigenvalue weighted by atomic mass is 10.0. The van der Waals surface area contributed by atoms with Gasteiger partial charge in [-0.05, 0) is 121 Å². The SMILES string of the molecule is O=C1c2ccc(cc2)Oc2ccccc2Oc2ccc(cc2)C(=O)c2ccc(cc2)Oc2ccccc2Oc2ccc1cc2. The monoisotopic (exact) mass is 576 g/mol. The number of carbonyl (C=O) groups excluding carboxylic acids is 2. The van der Waals surface area contributed by atoms with E-state index in [1.165, 1.54) is 0 Å². The Hall–Kier alpha value is -6.14. The van der Waals surface area contributed by atoms with Crippen LogP contribution >= 0.6 is 0 Å². The summed E-state index contributed by atoms with van der Waals surface area (Å²) in [5, 5.41) is 0. The molecule has 6 heteroatoms. The van der Waals surface area contributed by atoms with Gasteiger partial charge >= 0.3 is 0 Å². The van der Waals surface area contributed by atoms with Gasteiger partial charge in [-0.1, -0.05) is 24.3 Å². The lowest BCUT2D eigenvalue weighted by molar-refractivity contribution is 0.103. The molecule has 6 aromatic rings. The third-order valence-electron chi connectivity index (χ3n) is 7.08. The number of carbonyl (C=O) groups is 2. The Balaban J connectivity index is 1.25. The molecule has 0 aliphatic carbocycles. The highest BCUT2D eigenvalue weighted by atomic mass is 16.5. The fourth-order valence-electron chi connectivity index (χ4n) is 4.78. The van der Waals surface area contributed by atoms with E-state index >= 15 is 0 Å². The molecule has 7 heterocycles. The number of ether oxygens (including phenoxy) is 4. The van der Waals surface area contributed by atoms with E-state index in [9.17, 15) is 9.59 Å². The Morgan fingerprint density at radius 1 is 0.273 bits per heavy atom. The minimum atomic E-state index is -0.123. The second-order valence-corrected chi connectivity index (χ2v) is 10.1. The zero-order valence-corrected chi connectivity index (χ0v) is 23.3. The van der Waals surface area contributed by atoms with Gasteiger partial charge in [0.15, 0.2) is 34.6 Å². The maximum absolute atomic E-state index is 13.2. The average Bonchev–Trinajstić information content (AvgIpc) is 3.07. The van der Waals surface area contributed by atoms with Gasteiger partial charge < -0.3 is 18.9 Å². The van der Waals surface area contributed by atoms with Crippen molar-refractivity contribution in [1.29, 1.82) is 0 Å². The van der Waals surface area contributed by atoms with Crippen LogP contribution < -0.4 is 18.9 Å². The Kier molecular flexibility index (Phi) is 7.06. The maximum Gasteiger partial charge on any atom is 0.193 e. The smallest absolute Gasteiger partial charge is 0.193 e. The molecule has 0 saturated heterocycles. The molecule has 0 unspecified atom stereocenters. The minimum absolute atomic E-state index is 0.123. The van der Waals surface area contributed by atoms with Crippen molar-refractivity contribution in [1.82, 2.24) is 0 Å². The van der Waals surface area contributed by atoms with Crippen LogP contribution in [-0.2, 0) is 0 Å². The molecule has 7 aliphatic heterocycles. The normalized spacial score (nSPS) is 12.5. The summed E-state index contributed by atoms with van der Waals surface area (Å²) >= 11 is 0. The molecule has 0 saturated carbocycles. The highest BCUT2D eigenvalue weighted by molar-refractivity contribution is 6.09. The lowest BCUT2D eigenvalue weighted by Gasteiger charge is -2.14. The van der Waals surface area contributed by atoms with Gasteiger partial charge in [-0.15, -0.1) is 0 Å². The quantitative estimate of drug-likeness (QED) is 0.179. The van der Waals surface area contributed by atoms with Crippen LogP contribution in [0.4, 0.5) is 0 Å². The van der Waals surface area contributed by atoms with Crippen LogP contribution in [0.3, 0.4) is 0 Å². The van der Waals surface area contributed by atoms with Crippen molar-refractivity contribution >= 4 is 11.6 Å². The Bertz CT molecular complexity index is 1670. The molecule has 0 amide bonds. The average molecular weight is 577 g/mol. The predicted molar refractivity (Wildman–Crippen MR) is 166 cm³/mol. The zero-order chi connectivity index (χ0) is 29.9. The van der Waals surface area contributed by atoms with Crippen LogP contribution in [0.2, 0.25) is 0 Å². The first-order chi connectivity index (χ1) is 21.6. The van der Waals surface area contributed by atoms with Crippen LogP contribution in [0.5, 0.6) is 46.0 Å². The van der Waals surface area contributed by atoms with E-state index in [1.54, 1.807) is 121 Å². The van der Waals surface area contributed by atoms with Crippen LogP contribution in [-0.4, -0.2) is 11.6 Å². The molecule has 0 atom stereocenters. The molecular formula is C38H24O6. The fourth-order valence-corrected chi connectivity index (χ4v) is 4.78. The zero-order valence-electron chi connectivity index (χ0n) is 23.3. The number of rotatable bonds is 0. The topological polar surface area (TPSA) is 71.1 Å². The number of ketones is 2. The molecule has 8 bridgehead atoms. The van der Waals surface area contributed by atoms with Crippen molar-refractivity contribution in [3.05, 3.63) is 168 Å². The molecule has 0 N–H and O–H groups in total. The van der Waals surface area contributed by atoms with Gasteiger partial charge in [0.1, 0.15) is 23.0 Å². The van der Waals surface area contributed by atoms with E-state index in [4.69, 9.17) is 18.9 Å². The molecular weight excluding hydrogens is 552 g/mol. The van der Waals surface area contributed by atoms with Crippen molar-refractivity contribution in [3.8, 4) is 46.0 Å². The summed E-state index contributed by atoms with van der Waals surface area (Å²) in [5.41, 5.74) is 2.10. The second-order valence-electron chi connectivity index (χ2n) is 10.1. The first kappa shape index (κ1) is 26.7. The Morgan fingerprint density at radius 2 is 0.477 bits per heavy atom. The van der Waals surface area contributed by atoms with Crippen LogP contribution in [0.1, 0.15) is 31.8 Å². The maximum atomic E-state index is 13.2. The van der Waals surface area contributed by atoms with Gasteiger partial charge in [0, 0.05) is 22.3 Å². The third-order valence-corrected chi connectivity index (χ3v) is 7.08. The molecule has 7 aliphatic rings. The first-order valence-corrected chi connectivity index (χ1v) is 14.0. The van der Waals surface area contributed by atoms with Gasteiger partial charge in [0.05, 0.1) is 0 Å². The van der Waals surface area contributed by atoms with Crippen LogP contribution in [0, 0.1) is 0 Å². The fraction of sp³-hybridized carbons (Fsp3) is 0. The molecule has 44 heavy (non-hydrogen) atoms. The summed E-state index contributed by atoms with van der Waals surface area (Å²) in [6.07, 6.45) is 0. The van der Waals surface area contributed by atoms with Gasteiger partial charge in [-0.3, -0.25) is 9.59 Å². The molecule has 6 nitrogen and oxygen atoms in total. The summed E-state index contributed by atoms with van der Waals surface area (Å²) < 4.78 is 24.4. The largest absolute Gasteiger partial charge is 0.453 e. The standard InChI is InChI=1S/C38H24O6/c39-37-25-9-17-29(18-10-25)41-33-5-1-2-6-34(33)42-30-19-11-26(12-20-30)38(40)28-15-23-32(24-16-28)44-36-8-4-3-7-35(36)43-31-21-13-27(37)14-22-31/h1-24H. The van der Waals surface area contributed by atoms with Crippen LogP contribution in [0.15, 0.2) is 146 Å². The van der Waals surface area contributed by atoms with Crippen molar-refractivity contribution in [3.63, 3.8) is 0 Å². The van der Waals surface area contributed by atoms with E-state index in [1.807, 2.05) is 24.3 Å². The first-order valence-electron chi connectivity index (χ1n) is 14.0. The predicted octanol–water partition coefficient (Wildman–Crippen LogP) is 9.63. The van der Waals surface area contributed by atoms with Gasteiger partial charge in [0.25, 0.3) is 0 Å². The highest BCUT2D eigenvalue weighted by Gasteiger charge is 2.15. The van der Waals surface area contributed by atoms with Gasteiger partial charge in [0.2, 0.25) is 0 Å². The molecule has 0 spiro atoms. The number of hydrogen-bond acceptors (Lipinski definition) is 6. The Labute approximate surface area is 253 Å². The lowest BCUT2D eigenvalue weighted by Crippen LogP contribution is -2.01. The number of hydrogen-bond donors (Lipinski definition) is 0. The minimum Gasteiger partial charge on any atom is -0.453 e. The van der Waals surface area contributed by atoms with E-state index in [0.29, 0.717) is 68.2 Å². The van der Waals surface area contributed by atoms with E-state index in [0.717, 1.165) is 0 Å². The van der Waals surface area contributed by atoms with Crippen molar-refractivity contribution in [2.75, 3.05) is 0 Å². The van der Waals surface area contributed by atoms with Crippen molar-refractivity contribution < 1.29 is 28.5 Å². The Morgan fingerprint density at radius 3 is 0.682 bits per heavy atom. The van der Waals surface area contributed by atoms with E-state index in [2.05, 4.69) is 0 Å². The molecule has 13 rings (SSSR count). The van der Waals surface area contributed by atoms with E-state index < -0.39 is 0 Å². The molecule has 0 aromatic heterocycles. The van der Waals surface area contributed by atoms with E-state index in [-0.39, 0.29) is 11.6 Å². The molecule has 0 fully saturated rings. The third kappa shape index (κ3) is 5.65.